The third-order valence-electron chi connectivity index (χ3n) is 2.40. The van der Waals surface area contributed by atoms with Gasteiger partial charge >= 0.3 is 0 Å². The molecule has 2 aromatic rings. The summed E-state index contributed by atoms with van der Waals surface area (Å²) in [5.74, 6) is -0.0470. The normalized spacial score (nSPS) is 12.3. The maximum absolute atomic E-state index is 13.7. The molecule has 0 radical (unpaired) electrons. The van der Waals surface area contributed by atoms with Crippen molar-refractivity contribution in [2.45, 2.75) is 26.2 Å². The zero-order valence-corrected chi connectivity index (χ0v) is 8.97. The Hall–Kier alpha value is -1.58. The van der Waals surface area contributed by atoms with Gasteiger partial charge in [0.2, 0.25) is 0 Å². The molecule has 80 valence electrons. The SMILES string of the molecule is CC(C)(C)c1cc2onc(N)c2cc1F. The molecule has 0 spiro atoms. The Balaban J connectivity index is 2.74. The second-order valence-corrected chi connectivity index (χ2v) is 4.65. The van der Waals surface area contributed by atoms with E-state index in [2.05, 4.69) is 5.16 Å². The number of hydrogen-bond acceptors (Lipinski definition) is 3. The second-order valence-electron chi connectivity index (χ2n) is 4.65. The largest absolute Gasteiger partial charge is 0.380 e. The number of nitrogens with two attached hydrogens (primary N) is 1. The van der Waals surface area contributed by atoms with Crippen molar-refractivity contribution < 1.29 is 8.91 Å². The molecule has 0 saturated carbocycles. The number of anilines is 1. The molecule has 15 heavy (non-hydrogen) atoms. The summed E-state index contributed by atoms with van der Waals surface area (Å²) in [7, 11) is 0. The summed E-state index contributed by atoms with van der Waals surface area (Å²) in [4.78, 5) is 0. The predicted octanol–water partition coefficient (Wildman–Crippen LogP) is 2.85. The summed E-state index contributed by atoms with van der Waals surface area (Å²) in [5, 5.41) is 4.12. The zero-order chi connectivity index (χ0) is 11.2. The fraction of sp³-hybridized carbons (Fsp3) is 0.364. The first-order valence-corrected chi connectivity index (χ1v) is 4.74. The van der Waals surface area contributed by atoms with Crippen LogP contribution in [0.15, 0.2) is 16.7 Å². The Morgan fingerprint density at radius 2 is 2.00 bits per heavy atom. The number of nitrogens with zero attached hydrogens (tertiary/aromatic N) is 1. The highest BCUT2D eigenvalue weighted by atomic mass is 19.1. The lowest BCUT2D eigenvalue weighted by Gasteiger charge is -2.19. The topological polar surface area (TPSA) is 52.0 Å². The number of nitrogen functional groups attached to an aromatic ring is 1. The number of halogens is 1. The van der Waals surface area contributed by atoms with Crippen LogP contribution in [0.5, 0.6) is 0 Å². The van der Waals surface area contributed by atoms with Crippen molar-refractivity contribution in [1.29, 1.82) is 0 Å². The molecular formula is C11H13FN2O. The highest BCUT2D eigenvalue weighted by Crippen LogP contribution is 2.30. The van der Waals surface area contributed by atoms with Crippen LogP contribution in [-0.4, -0.2) is 5.16 Å². The van der Waals surface area contributed by atoms with Crippen LogP contribution in [0.2, 0.25) is 0 Å². The standard InChI is InChI=1S/C11H13FN2O/c1-11(2,3)7-5-9-6(4-8(7)12)10(13)14-15-9/h4-5H,1-3H3,(H2,13,14). The molecule has 2 rings (SSSR count). The lowest BCUT2D eigenvalue weighted by atomic mass is 9.86. The predicted molar refractivity (Wildman–Crippen MR) is 57.1 cm³/mol. The quantitative estimate of drug-likeness (QED) is 0.724. The Morgan fingerprint density at radius 1 is 1.33 bits per heavy atom. The third kappa shape index (κ3) is 1.56. The second kappa shape index (κ2) is 2.95. The van der Waals surface area contributed by atoms with Crippen molar-refractivity contribution in [3.05, 3.63) is 23.5 Å². The Labute approximate surface area is 87.0 Å². The van der Waals surface area contributed by atoms with E-state index >= 15 is 0 Å². The van der Waals surface area contributed by atoms with Crippen molar-refractivity contribution in [3.63, 3.8) is 0 Å². The van der Waals surface area contributed by atoms with E-state index in [4.69, 9.17) is 10.3 Å². The summed E-state index contributed by atoms with van der Waals surface area (Å²) in [6, 6.07) is 3.04. The molecule has 0 atom stereocenters. The summed E-state index contributed by atoms with van der Waals surface area (Å²) in [5.41, 5.74) is 6.40. The molecule has 0 unspecified atom stereocenters. The number of fused-ring (bicyclic) bond motifs is 1. The van der Waals surface area contributed by atoms with E-state index in [0.29, 0.717) is 16.5 Å². The molecule has 0 aliphatic carbocycles. The van der Waals surface area contributed by atoms with Crippen molar-refractivity contribution in [2.24, 2.45) is 0 Å². The minimum atomic E-state index is -0.273. The average molecular weight is 208 g/mol. The van der Waals surface area contributed by atoms with Crippen LogP contribution < -0.4 is 5.73 Å². The molecule has 0 saturated heterocycles. The van der Waals surface area contributed by atoms with E-state index in [9.17, 15) is 4.39 Å². The van der Waals surface area contributed by atoms with Gasteiger partial charge in [-0.2, -0.15) is 0 Å². The third-order valence-corrected chi connectivity index (χ3v) is 2.40. The van der Waals surface area contributed by atoms with Gasteiger partial charge in [0.15, 0.2) is 11.4 Å². The van der Waals surface area contributed by atoms with Crippen molar-refractivity contribution >= 4 is 16.8 Å². The van der Waals surface area contributed by atoms with Gasteiger partial charge in [0.25, 0.3) is 0 Å². The molecule has 4 heteroatoms. The number of benzene rings is 1. The van der Waals surface area contributed by atoms with E-state index < -0.39 is 0 Å². The van der Waals surface area contributed by atoms with Gasteiger partial charge in [-0.1, -0.05) is 25.9 Å². The number of aromatic nitrogens is 1. The molecular weight excluding hydrogens is 195 g/mol. The van der Waals surface area contributed by atoms with Crippen LogP contribution in [0, 0.1) is 5.82 Å². The van der Waals surface area contributed by atoms with Gasteiger partial charge in [0.05, 0.1) is 5.39 Å². The minimum Gasteiger partial charge on any atom is -0.380 e. The monoisotopic (exact) mass is 208 g/mol. The van der Waals surface area contributed by atoms with Crippen LogP contribution >= 0.6 is 0 Å². The smallest absolute Gasteiger partial charge is 0.174 e. The van der Waals surface area contributed by atoms with Gasteiger partial charge in [-0.15, -0.1) is 0 Å². The number of hydrogen-bond donors (Lipinski definition) is 1. The van der Waals surface area contributed by atoms with Crippen molar-refractivity contribution in [3.8, 4) is 0 Å². The maximum Gasteiger partial charge on any atom is 0.174 e. The highest BCUT2D eigenvalue weighted by molar-refractivity contribution is 5.87. The first-order chi connectivity index (χ1) is 6.89. The van der Waals surface area contributed by atoms with Crippen molar-refractivity contribution in [2.75, 3.05) is 5.73 Å². The molecule has 0 fully saturated rings. The summed E-state index contributed by atoms with van der Waals surface area (Å²) in [6.45, 7) is 5.82. The van der Waals surface area contributed by atoms with Gasteiger partial charge < -0.3 is 10.3 Å². The molecule has 3 nitrogen and oxygen atoms in total. The highest BCUT2D eigenvalue weighted by Gasteiger charge is 2.21. The summed E-state index contributed by atoms with van der Waals surface area (Å²) < 4.78 is 18.7. The minimum absolute atomic E-state index is 0.226. The molecule has 0 aliphatic rings. The van der Waals surface area contributed by atoms with E-state index in [1.54, 1.807) is 6.07 Å². The molecule has 1 aromatic heterocycles. The molecule has 0 amide bonds. The lowest BCUT2D eigenvalue weighted by Crippen LogP contribution is -2.13. The lowest BCUT2D eigenvalue weighted by molar-refractivity contribution is 0.457. The maximum atomic E-state index is 13.7. The van der Waals surface area contributed by atoms with Gasteiger partial charge in [-0.25, -0.2) is 4.39 Å². The van der Waals surface area contributed by atoms with Gasteiger partial charge in [0.1, 0.15) is 5.82 Å². The fourth-order valence-electron chi connectivity index (χ4n) is 1.55. The molecule has 0 aliphatic heterocycles. The van der Waals surface area contributed by atoms with Crippen LogP contribution in [0.4, 0.5) is 10.2 Å². The number of rotatable bonds is 0. The van der Waals surface area contributed by atoms with Crippen LogP contribution in [0.1, 0.15) is 26.3 Å². The Kier molecular flexibility index (Phi) is 1.96. The van der Waals surface area contributed by atoms with E-state index in [0.717, 1.165) is 0 Å². The van der Waals surface area contributed by atoms with E-state index in [-0.39, 0.29) is 17.1 Å². The van der Waals surface area contributed by atoms with Gasteiger partial charge in [-0.05, 0) is 23.1 Å². The molecule has 1 aromatic carbocycles. The Bertz CT molecular complexity index is 511. The van der Waals surface area contributed by atoms with Crippen LogP contribution in [0.25, 0.3) is 11.0 Å². The van der Waals surface area contributed by atoms with Crippen LogP contribution in [-0.2, 0) is 5.41 Å². The fourth-order valence-corrected chi connectivity index (χ4v) is 1.55. The summed E-state index contributed by atoms with van der Waals surface area (Å²) in [6.07, 6.45) is 0. The Morgan fingerprint density at radius 3 is 2.60 bits per heavy atom. The van der Waals surface area contributed by atoms with Crippen molar-refractivity contribution in [1.82, 2.24) is 5.16 Å². The molecule has 0 bridgehead atoms. The summed E-state index contributed by atoms with van der Waals surface area (Å²) >= 11 is 0. The molecule has 2 N–H and O–H groups in total. The molecule has 1 heterocycles. The van der Waals surface area contributed by atoms with Gasteiger partial charge in [0, 0.05) is 0 Å². The first kappa shape index (κ1) is 9.96. The van der Waals surface area contributed by atoms with E-state index in [1.807, 2.05) is 20.8 Å². The average Bonchev–Trinajstić information content (AvgIpc) is 2.45. The van der Waals surface area contributed by atoms with Crippen LogP contribution in [0.3, 0.4) is 0 Å². The zero-order valence-electron chi connectivity index (χ0n) is 8.97. The van der Waals surface area contributed by atoms with Gasteiger partial charge in [-0.3, -0.25) is 0 Å². The van der Waals surface area contributed by atoms with E-state index in [1.165, 1.54) is 6.07 Å². The first-order valence-electron chi connectivity index (χ1n) is 4.74.